The second-order valence-electron chi connectivity index (χ2n) is 5.55. The molecule has 136 valence electrons. The van der Waals surface area contributed by atoms with E-state index in [1.807, 2.05) is 0 Å². The molecule has 1 aliphatic heterocycles. The fourth-order valence-corrected chi connectivity index (χ4v) is 3.35. The molecule has 5 nitrogen and oxygen atoms in total. The molecule has 0 bridgehead atoms. The molecule has 26 heavy (non-hydrogen) atoms. The lowest BCUT2D eigenvalue weighted by molar-refractivity contribution is -0.157. The number of halogens is 3. The van der Waals surface area contributed by atoms with Crippen molar-refractivity contribution in [1.29, 1.82) is 0 Å². The Morgan fingerprint density at radius 2 is 1.96 bits per heavy atom. The minimum atomic E-state index is -4.74. The van der Waals surface area contributed by atoms with Crippen LogP contribution < -0.4 is 10.2 Å². The maximum atomic E-state index is 13.6. The monoisotopic (exact) mass is 381 g/mol. The summed E-state index contributed by atoms with van der Waals surface area (Å²) in [6, 6.07) is 8.84. The average molecular weight is 381 g/mol. The topological polar surface area (TPSA) is 62.3 Å². The number of hydrogen-bond acceptors (Lipinski definition) is 4. The molecule has 2 aromatic rings. The van der Waals surface area contributed by atoms with Gasteiger partial charge in [0.05, 0.1) is 28.6 Å². The third kappa shape index (κ3) is 3.98. The van der Waals surface area contributed by atoms with Gasteiger partial charge in [-0.2, -0.15) is 13.2 Å². The van der Waals surface area contributed by atoms with Crippen molar-refractivity contribution < 1.29 is 22.8 Å². The van der Waals surface area contributed by atoms with Crippen LogP contribution in [-0.2, 0) is 9.59 Å². The van der Waals surface area contributed by atoms with Gasteiger partial charge in [0.1, 0.15) is 6.04 Å². The van der Waals surface area contributed by atoms with Gasteiger partial charge in [0, 0.05) is 6.20 Å². The molecular weight excluding hydrogens is 367 g/mol. The molecule has 1 unspecified atom stereocenters. The Kier molecular flexibility index (Phi) is 5.17. The number of pyridine rings is 1. The third-order valence-corrected chi connectivity index (χ3v) is 4.68. The summed E-state index contributed by atoms with van der Waals surface area (Å²) in [5.41, 5.74) is 0.215. The van der Waals surface area contributed by atoms with Gasteiger partial charge in [-0.25, -0.2) is 4.98 Å². The number of nitrogens with zero attached hydrogens (tertiary/aromatic N) is 2. The number of rotatable bonds is 3. The van der Waals surface area contributed by atoms with E-state index in [1.165, 1.54) is 24.4 Å². The van der Waals surface area contributed by atoms with Crippen molar-refractivity contribution >= 4 is 35.0 Å². The van der Waals surface area contributed by atoms with Crippen molar-refractivity contribution in [2.75, 3.05) is 16.0 Å². The second-order valence-corrected chi connectivity index (χ2v) is 6.54. The first-order valence-corrected chi connectivity index (χ1v) is 8.66. The van der Waals surface area contributed by atoms with E-state index in [4.69, 9.17) is 0 Å². The fourth-order valence-electron chi connectivity index (χ4n) is 2.63. The van der Waals surface area contributed by atoms with Crippen molar-refractivity contribution in [3.05, 3.63) is 48.7 Å². The first kappa shape index (κ1) is 18.2. The molecule has 0 saturated carbocycles. The zero-order chi connectivity index (χ0) is 18.7. The highest BCUT2D eigenvalue weighted by Gasteiger charge is 2.48. The van der Waals surface area contributed by atoms with E-state index in [1.54, 1.807) is 24.3 Å². The molecule has 2 amide bonds. The van der Waals surface area contributed by atoms with E-state index in [0.717, 1.165) is 11.8 Å². The highest BCUT2D eigenvalue weighted by molar-refractivity contribution is 7.99. The standard InChI is InChI=1S/C17H14F3N3O2S/c18-17(19,20)13-9-14(24)22-11-5-1-2-6-12(11)23(13)16(25)10-26-15-7-3-4-8-21-15/h1-8,13H,9-10H2,(H,22,24). The Balaban J connectivity index is 1.93. The Morgan fingerprint density at radius 3 is 2.65 bits per heavy atom. The van der Waals surface area contributed by atoms with Crippen molar-refractivity contribution in [2.45, 2.75) is 23.7 Å². The molecule has 0 aliphatic carbocycles. The quantitative estimate of drug-likeness (QED) is 0.827. The largest absolute Gasteiger partial charge is 0.409 e. The summed E-state index contributed by atoms with van der Waals surface area (Å²) in [7, 11) is 0. The fraction of sp³-hybridized carbons (Fsp3) is 0.235. The summed E-state index contributed by atoms with van der Waals surface area (Å²) in [4.78, 5) is 29.3. The van der Waals surface area contributed by atoms with Crippen LogP contribution in [0.1, 0.15) is 6.42 Å². The van der Waals surface area contributed by atoms with Crippen molar-refractivity contribution in [1.82, 2.24) is 4.98 Å². The molecule has 0 saturated heterocycles. The van der Waals surface area contributed by atoms with Crippen LogP contribution in [0.5, 0.6) is 0 Å². The number of benzene rings is 1. The van der Waals surface area contributed by atoms with Crippen LogP contribution in [0.4, 0.5) is 24.5 Å². The molecule has 2 heterocycles. The molecule has 1 N–H and O–H groups in total. The lowest BCUT2D eigenvalue weighted by Crippen LogP contribution is -2.50. The van der Waals surface area contributed by atoms with Gasteiger partial charge in [-0.1, -0.05) is 30.0 Å². The third-order valence-electron chi connectivity index (χ3n) is 3.76. The number of amides is 2. The summed E-state index contributed by atoms with van der Waals surface area (Å²) >= 11 is 1.04. The van der Waals surface area contributed by atoms with E-state index in [0.29, 0.717) is 9.93 Å². The highest BCUT2D eigenvalue weighted by Crippen LogP contribution is 2.38. The summed E-state index contributed by atoms with van der Waals surface area (Å²) in [5, 5.41) is 2.96. The summed E-state index contributed by atoms with van der Waals surface area (Å²) < 4.78 is 40.7. The van der Waals surface area contributed by atoms with E-state index in [9.17, 15) is 22.8 Å². The first-order valence-electron chi connectivity index (χ1n) is 7.68. The van der Waals surface area contributed by atoms with Crippen molar-refractivity contribution in [2.24, 2.45) is 0 Å². The number of para-hydroxylation sites is 2. The smallest absolute Gasteiger partial charge is 0.324 e. The summed E-state index contributed by atoms with van der Waals surface area (Å²) in [5.74, 6) is -1.76. The predicted octanol–water partition coefficient (Wildman–Crippen LogP) is 3.48. The number of carbonyl (C=O) groups excluding carboxylic acids is 2. The van der Waals surface area contributed by atoms with Crippen LogP contribution >= 0.6 is 11.8 Å². The van der Waals surface area contributed by atoms with Crippen LogP contribution in [0.3, 0.4) is 0 Å². The predicted molar refractivity (Wildman–Crippen MR) is 92.0 cm³/mol. The van der Waals surface area contributed by atoms with Crippen LogP contribution in [-0.4, -0.2) is 34.8 Å². The number of anilines is 2. The maximum Gasteiger partial charge on any atom is 0.409 e. The van der Waals surface area contributed by atoms with Gasteiger partial charge in [0.2, 0.25) is 11.8 Å². The number of fused-ring (bicyclic) bond motifs is 1. The van der Waals surface area contributed by atoms with E-state index >= 15 is 0 Å². The zero-order valence-electron chi connectivity index (χ0n) is 13.4. The molecule has 0 radical (unpaired) electrons. The molecular formula is C17H14F3N3O2S. The Bertz CT molecular complexity index is 814. The van der Waals surface area contributed by atoms with Crippen molar-refractivity contribution in [3.63, 3.8) is 0 Å². The first-order chi connectivity index (χ1) is 12.4. The van der Waals surface area contributed by atoms with Crippen molar-refractivity contribution in [3.8, 4) is 0 Å². The van der Waals surface area contributed by atoms with Crippen LogP contribution in [0, 0.1) is 0 Å². The molecule has 9 heteroatoms. The van der Waals surface area contributed by atoms with Gasteiger partial charge in [-0.05, 0) is 24.3 Å². The number of nitrogens with one attached hydrogen (secondary N) is 1. The Labute approximate surface area is 151 Å². The zero-order valence-corrected chi connectivity index (χ0v) is 14.2. The minimum Gasteiger partial charge on any atom is -0.324 e. The molecule has 1 aromatic heterocycles. The number of carbonyl (C=O) groups is 2. The molecule has 1 atom stereocenters. The molecule has 1 aromatic carbocycles. The lowest BCUT2D eigenvalue weighted by atomic mass is 10.1. The molecule has 1 aliphatic rings. The van der Waals surface area contributed by atoms with Crippen LogP contribution in [0.2, 0.25) is 0 Å². The van der Waals surface area contributed by atoms with E-state index in [-0.39, 0.29) is 17.1 Å². The summed E-state index contributed by atoms with van der Waals surface area (Å²) in [6.45, 7) is 0. The number of aromatic nitrogens is 1. The lowest BCUT2D eigenvalue weighted by Gasteiger charge is -2.31. The SMILES string of the molecule is O=C1CC(C(F)(F)F)N(C(=O)CSc2ccccn2)c2ccccc2N1. The highest BCUT2D eigenvalue weighted by atomic mass is 32.2. The van der Waals surface area contributed by atoms with Gasteiger partial charge < -0.3 is 5.32 Å². The summed E-state index contributed by atoms with van der Waals surface area (Å²) in [6.07, 6.45) is -4.05. The number of alkyl halides is 3. The van der Waals surface area contributed by atoms with E-state index < -0.39 is 30.5 Å². The van der Waals surface area contributed by atoms with Gasteiger partial charge in [0.25, 0.3) is 0 Å². The number of thioether (sulfide) groups is 1. The minimum absolute atomic E-state index is 0.0345. The second kappa shape index (κ2) is 7.36. The normalized spacial score (nSPS) is 17.3. The molecule has 0 spiro atoms. The van der Waals surface area contributed by atoms with Gasteiger partial charge in [-0.15, -0.1) is 0 Å². The van der Waals surface area contributed by atoms with Gasteiger partial charge >= 0.3 is 6.18 Å². The maximum absolute atomic E-state index is 13.6. The number of hydrogen-bond donors (Lipinski definition) is 1. The molecule has 0 fully saturated rings. The van der Waals surface area contributed by atoms with E-state index in [2.05, 4.69) is 10.3 Å². The van der Waals surface area contributed by atoms with Gasteiger partial charge in [0.15, 0.2) is 0 Å². The van der Waals surface area contributed by atoms with Gasteiger partial charge in [-0.3, -0.25) is 14.5 Å². The molecule has 3 rings (SSSR count). The van der Waals surface area contributed by atoms with Crippen LogP contribution in [0.25, 0.3) is 0 Å². The van der Waals surface area contributed by atoms with Crippen LogP contribution in [0.15, 0.2) is 53.7 Å². The average Bonchev–Trinajstić information content (AvgIpc) is 2.76. The Morgan fingerprint density at radius 1 is 1.23 bits per heavy atom. The Hall–Kier alpha value is -2.55.